The van der Waals surface area contributed by atoms with E-state index in [4.69, 9.17) is 21.1 Å². The Morgan fingerprint density at radius 1 is 0.968 bits per heavy atom. The number of hydrogen-bond donors (Lipinski definition) is 0. The highest BCUT2D eigenvalue weighted by Gasteiger charge is 2.25. The molecule has 0 unspecified atom stereocenters. The molecule has 7 heteroatoms. The quantitative estimate of drug-likeness (QED) is 0.698. The van der Waals surface area contributed by atoms with Crippen molar-refractivity contribution in [1.82, 2.24) is 9.80 Å². The summed E-state index contributed by atoms with van der Waals surface area (Å²) in [6.45, 7) is 8.05. The average Bonchev–Trinajstić information content (AvgIpc) is 3.02. The van der Waals surface area contributed by atoms with Crippen LogP contribution in [0.15, 0.2) is 30.3 Å². The van der Waals surface area contributed by atoms with Gasteiger partial charge in [-0.15, -0.1) is 0 Å². The standard InChI is InChI=1S/C24H29ClN2O4/c1-16-6-7-17(2)23(18(16)3)31-15-22(28)26-10-5-11-27(13-12-26)24(29)20-14-19(25)8-9-21(20)30-4/h6-9,14H,5,10-13,15H2,1-4H3. The van der Waals surface area contributed by atoms with Gasteiger partial charge in [-0.05, 0) is 62.1 Å². The van der Waals surface area contributed by atoms with E-state index in [9.17, 15) is 9.59 Å². The van der Waals surface area contributed by atoms with Crippen molar-refractivity contribution in [2.75, 3.05) is 39.9 Å². The molecule has 1 aliphatic heterocycles. The summed E-state index contributed by atoms with van der Waals surface area (Å²) in [4.78, 5) is 29.3. The molecule has 0 aromatic heterocycles. The fourth-order valence-electron chi connectivity index (χ4n) is 3.76. The molecule has 3 rings (SSSR count). The first-order valence-corrected chi connectivity index (χ1v) is 10.8. The van der Waals surface area contributed by atoms with E-state index in [-0.39, 0.29) is 18.4 Å². The maximum absolute atomic E-state index is 13.0. The summed E-state index contributed by atoms with van der Waals surface area (Å²) in [5.74, 6) is 1.04. The molecule has 0 atom stereocenters. The number of aryl methyl sites for hydroxylation is 2. The highest BCUT2D eigenvalue weighted by molar-refractivity contribution is 6.31. The maximum Gasteiger partial charge on any atom is 0.260 e. The summed E-state index contributed by atoms with van der Waals surface area (Å²) in [5, 5.41) is 0.481. The lowest BCUT2D eigenvalue weighted by Crippen LogP contribution is -2.39. The van der Waals surface area contributed by atoms with Gasteiger partial charge in [0.05, 0.1) is 12.7 Å². The van der Waals surface area contributed by atoms with Crippen LogP contribution in [0.2, 0.25) is 5.02 Å². The van der Waals surface area contributed by atoms with Crippen LogP contribution in [0.4, 0.5) is 0 Å². The van der Waals surface area contributed by atoms with Crippen LogP contribution in [0.5, 0.6) is 11.5 Å². The molecule has 2 aromatic rings. The molecular formula is C24H29ClN2O4. The van der Waals surface area contributed by atoms with Crippen LogP contribution in [-0.2, 0) is 4.79 Å². The molecule has 166 valence electrons. The lowest BCUT2D eigenvalue weighted by molar-refractivity contribution is -0.133. The topological polar surface area (TPSA) is 59.1 Å². The number of methoxy groups -OCH3 is 1. The van der Waals surface area contributed by atoms with Gasteiger partial charge in [0.15, 0.2) is 6.61 Å². The fraction of sp³-hybridized carbons (Fsp3) is 0.417. The minimum atomic E-state index is -0.143. The summed E-state index contributed by atoms with van der Waals surface area (Å²) in [5.41, 5.74) is 3.63. The van der Waals surface area contributed by atoms with Crippen molar-refractivity contribution in [2.45, 2.75) is 27.2 Å². The van der Waals surface area contributed by atoms with E-state index in [1.165, 1.54) is 7.11 Å². The number of benzene rings is 2. The van der Waals surface area contributed by atoms with E-state index in [1.54, 1.807) is 28.0 Å². The van der Waals surface area contributed by atoms with Crippen molar-refractivity contribution < 1.29 is 19.1 Å². The zero-order valence-corrected chi connectivity index (χ0v) is 19.3. The summed E-state index contributed by atoms with van der Waals surface area (Å²) < 4.78 is 11.2. The first-order valence-electron chi connectivity index (χ1n) is 10.4. The smallest absolute Gasteiger partial charge is 0.260 e. The molecule has 0 radical (unpaired) electrons. The number of ether oxygens (including phenoxy) is 2. The summed E-state index contributed by atoms with van der Waals surface area (Å²) in [6, 6.07) is 9.06. The summed E-state index contributed by atoms with van der Waals surface area (Å²) >= 11 is 6.08. The van der Waals surface area contributed by atoms with Crippen LogP contribution >= 0.6 is 11.6 Å². The number of rotatable bonds is 5. The van der Waals surface area contributed by atoms with E-state index in [1.807, 2.05) is 26.8 Å². The number of carbonyl (C=O) groups excluding carboxylic acids is 2. The Balaban J connectivity index is 1.62. The van der Waals surface area contributed by atoms with Gasteiger partial charge in [-0.3, -0.25) is 9.59 Å². The maximum atomic E-state index is 13.0. The molecule has 0 N–H and O–H groups in total. The molecule has 0 bridgehead atoms. The van der Waals surface area contributed by atoms with E-state index < -0.39 is 0 Å². The van der Waals surface area contributed by atoms with Gasteiger partial charge < -0.3 is 19.3 Å². The van der Waals surface area contributed by atoms with Gasteiger partial charge in [0, 0.05) is 31.2 Å². The van der Waals surface area contributed by atoms with E-state index in [0.717, 1.165) is 22.4 Å². The number of hydrogen-bond acceptors (Lipinski definition) is 4. The minimum absolute atomic E-state index is 0.0127. The Hall–Kier alpha value is -2.73. The SMILES string of the molecule is COc1ccc(Cl)cc1C(=O)N1CCCN(C(=O)COc2c(C)ccc(C)c2C)CC1. The van der Waals surface area contributed by atoms with Crippen molar-refractivity contribution in [3.63, 3.8) is 0 Å². The van der Waals surface area contributed by atoms with Crippen LogP contribution in [0.3, 0.4) is 0 Å². The normalized spacial score (nSPS) is 14.2. The molecule has 1 aliphatic rings. The molecule has 2 amide bonds. The van der Waals surface area contributed by atoms with E-state index in [0.29, 0.717) is 48.9 Å². The lowest BCUT2D eigenvalue weighted by Gasteiger charge is -2.23. The van der Waals surface area contributed by atoms with E-state index >= 15 is 0 Å². The predicted octanol–water partition coefficient (Wildman–Crippen LogP) is 4.03. The van der Waals surface area contributed by atoms with Crippen molar-refractivity contribution in [2.24, 2.45) is 0 Å². The van der Waals surface area contributed by atoms with Gasteiger partial charge in [-0.25, -0.2) is 0 Å². The molecule has 0 spiro atoms. The Labute approximate surface area is 188 Å². The van der Waals surface area contributed by atoms with Gasteiger partial charge in [0.1, 0.15) is 11.5 Å². The molecule has 31 heavy (non-hydrogen) atoms. The second kappa shape index (κ2) is 10.1. The first-order chi connectivity index (χ1) is 14.8. The van der Waals surface area contributed by atoms with Crippen LogP contribution in [0, 0.1) is 20.8 Å². The number of nitrogens with zero attached hydrogens (tertiary/aromatic N) is 2. The third-order valence-electron chi connectivity index (χ3n) is 5.74. The van der Waals surface area contributed by atoms with E-state index in [2.05, 4.69) is 6.07 Å². The molecule has 2 aromatic carbocycles. The molecule has 1 heterocycles. The largest absolute Gasteiger partial charge is 0.496 e. The summed E-state index contributed by atoms with van der Waals surface area (Å²) in [6.07, 6.45) is 0.697. The van der Waals surface area contributed by atoms with Crippen molar-refractivity contribution in [3.05, 3.63) is 57.6 Å². The Kier molecular flexibility index (Phi) is 7.44. The average molecular weight is 445 g/mol. The first kappa shape index (κ1) is 22.9. The molecule has 0 saturated carbocycles. The number of amides is 2. The molecule has 1 fully saturated rings. The Morgan fingerprint density at radius 2 is 1.65 bits per heavy atom. The van der Waals surface area contributed by atoms with Crippen LogP contribution < -0.4 is 9.47 Å². The van der Waals surface area contributed by atoms with Gasteiger partial charge >= 0.3 is 0 Å². The second-order valence-electron chi connectivity index (χ2n) is 7.81. The second-order valence-corrected chi connectivity index (χ2v) is 8.25. The summed E-state index contributed by atoms with van der Waals surface area (Å²) in [7, 11) is 1.53. The number of halogens is 1. The van der Waals surface area contributed by atoms with Crippen molar-refractivity contribution >= 4 is 23.4 Å². The minimum Gasteiger partial charge on any atom is -0.496 e. The Bertz CT molecular complexity index is 976. The monoisotopic (exact) mass is 444 g/mol. The van der Waals surface area contributed by atoms with Crippen LogP contribution in [0.25, 0.3) is 0 Å². The van der Waals surface area contributed by atoms with Gasteiger partial charge in [0.2, 0.25) is 0 Å². The van der Waals surface area contributed by atoms with Gasteiger partial charge in [0.25, 0.3) is 11.8 Å². The van der Waals surface area contributed by atoms with Gasteiger partial charge in [-0.1, -0.05) is 23.7 Å². The van der Waals surface area contributed by atoms with Crippen molar-refractivity contribution in [3.8, 4) is 11.5 Å². The zero-order valence-electron chi connectivity index (χ0n) is 18.5. The van der Waals surface area contributed by atoms with Crippen LogP contribution in [-0.4, -0.2) is 61.5 Å². The molecule has 6 nitrogen and oxygen atoms in total. The third-order valence-corrected chi connectivity index (χ3v) is 5.98. The highest BCUT2D eigenvalue weighted by atomic mass is 35.5. The predicted molar refractivity (Wildman–Crippen MR) is 121 cm³/mol. The fourth-order valence-corrected chi connectivity index (χ4v) is 3.93. The third kappa shape index (κ3) is 5.31. The molecule has 0 aliphatic carbocycles. The molecule has 1 saturated heterocycles. The van der Waals surface area contributed by atoms with Crippen molar-refractivity contribution in [1.29, 1.82) is 0 Å². The van der Waals surface area contributed by atoms with Gasteiger partial charge in [-0.2, -0.15) is 0 Å². The highest BCUT2D eigenvalue weighted by Crippen LogP contribution is 2.26. The number of carbonyl (C=O) groups is 2. The lowest BCUT2D eigenvalue weighted by atomic mass is 10.1. The Morgan fingerprint density at radius 3 is 2.39 bits per heavy atom. The van der Waals surface area contributed by atoms with Crippen LogP contribution in [0.1, 0.15) is 33.5 Å². The molecular weight excluding hydrogens is 416 g/mol. The zero-order chi connectivity index (χ0) is 22.5.